The summed E-state index contributed by atoms with van der Waals surface area (Å²) >= 11 is 0. The van der Waals surface area contributed by atoms with E-state index in [9.17, 15) is 4.79 Å². The molecule has 0 N–H and O–H groups in total. The topological polar surface area (TPSA) is 37.9 Å². The Morgan fingerprint density at radius 2 is 1.82 bits per heavy atom. The third-order valence-corrected chi connectivity index (χ3v) is 4.16. The number of nitrogens with zero attached hydrogens (tertiary/aromatic N) is 3. The Hall–Kier alpha value is -2.62. The lowest BCUT2D eigenvalue weighted by molar-refractivity contribution is 0.689. The minimum absolute atomic E-state index is 0.0286. The fraction of sp³-hybridized carbons (Fsp3) is 0.222. The number of aryl methyl sites for hydroxylation is 1. The number of para-hydroxylation sites is 1. The third kappa shape index (κ3) is 1.99. The quantitative estimate of drug-likeness (QED) is 0.696. The van der Waals surface area contributed by atoms with E-state index in [0.717, 1.165) is 24.3 Å². The summed E-state index contributed by atoms with van der Waals surface area (Å²) in [5.41, 5.74) is 2.05. The maximum atomic E-state index is 12.8. The van der Waals surface area contributed by atoms with Gasteiger partial charge in [-0.2, -0.15) is 0 Å². The largest absolute Gasteiger partial charge is 0.297 e. The van der Waals surface area contributed by atoms with Crippen molar-refractivity contribution in [2.24, 2.45) is 0 Å². The van der Waals surface area contributed by atoms with Crippen molar-refractivity contribution in [1.82, 2.24) is 9.66 Å². The molecule has 3 aromatic rings. The zero-order chi connectivity index (χ0) is 15.1. The van der Waals surface area contributed by atoms with Crippen molar-refractivity contribution in [3.63, 3.8) is 0 Å². The van der Waals surface area contributed by atoms with Gasteiger partial charge in [-0.25, -0.2) is 9.66 Å². The molecule has 4 nitrogen and oxygen atoms in total. The summed E-state index contributed by atoms with van der Waals surface area (Å²) in [7, 11) is 0. The van der Waals surface area contributed by atoms with Crippen molar-refractivity contribution >= 4 is 10.9 Å². The zero-order valence-electron chi connectivity index (χ0n) is 12.4. The molecule has 1 aliphatic rings. The van der Waals surface area contributed by atoms with Gasteiger partial charge in [-0.05, 0) is 17.7 Å². The van der Waals surface area contributed by atoms with Gasteiger partial charge in [0.15, 0.2) is 0 Å². The molecule has 1 fully saturated rings. The van der Waals surface area contributed by atoms with Gasteiger partial charge in [0.25, 0.3) is 5.56 Å². The van der Waals surface area contributed by atoms with Crippen molar-refractivity contribution in [2.45, 2.75) is 19.4 Å². The lowest BCUT2D eigenvalue weighted by atomic mass is 10.2. The molecular formula is C18H17N3O. The molecule has 4 rings (SSSR count). The number of rotatable bonds is 3. The van der Waals surface area contributed by atoms with Crippen molar-refractivity contribution in [3.05, 3.63) is 76.3 Å². The van der Waals surface area contributed by atoms with E-state index in [1.807, 2.05) is 49.4 Å². The molecule has 0 saturated carbocycles. The van der Waals surface area contributed by atoms with Crippen LogP contribution in [0.4, 0.5) is 0 Å². The first-order chi connectivity index (χ1) is 10.8. The zero-order valence-corrected chi connectivity index (χ0v) is 12.4. The van der Waals surface area contributed by atoms with Gasteiger partial charge in [-0.15, -0.1) is 0 Å². The molecule has 1 atom stereocenters. The van der Waals surface area contributed by atoms with Crippen LogP contribution in [0.1, 0.15) is 24.4 Å². The first kappa shape index (κ1) is 13.1. The molecular weight excluding hydrogens is 274 g/mol. The lowest BCUT2D eigenvalue weighted by Gasteiger charge is -2.15. The van der Waals surface area contributed by atoms with E-state index in [4.69, 9.17) is 0 Å². The van der Waals surface area contributed by atoms with E-state index in [0.29, 0.717) is 5.39 Å². The number of hydrogen-bond acceptors (Lipinski definition) is 3. The summed E-state index contributed by atoms with van der Waals surface area (Å²) in [6.07, 6.45) is 0.734. The second kappa shape index (κ2) is 4.98. The molecule has 2 aromatic carbocycles. The van der Waals surface area contributed by atoms with Gasteiger partial charge in [-0.1, -0.05) is 49.4 Å². The monoisotopic (exact) mass is 291 g/mol. The van der Waals surface area contributed by atoms with Crippen LogP contribution in [0.5, 0.6) is 0 Å². The fourth-order valence-electron chi connectivity index (χ4n) is 2.97. The molecule has 0 radical (unpaired) electrons. The number of hydrogen-bond donors (Lipinski definition) is 0. The Morgan fingerprint density at radius 3 is 2.59 bits per heavy atom. The molecule has 1 aliphatic heterocycles. The minimum Gasteiger partial charge on any atom is -0.297 e. The Kier molecular flexibility index (Phi) is 2.96. The highest BCUT2D eigenvalue weighted by atomic mass is 16.1. The summed E-state index contributed by atoms with van der Waals surface area (Å²) in [4.78, 5) is 17.5. The highest BCUT2D eigenvalue weighted by Crippen LogP contribution is 2.32. The predicted octanol–water partition coefficient (Wildman–Crippen LogP) is 2.65. The first-order valence-corrected chi connectivity index (χ1v) is 7.62. The van der Waals surface area contributed by atoms with Gasteiger partial charge in [-0.3, -0.25) is 9.80 Å². The van der Waals surface area contributed by atoms with Gasteiger partial charge in [0.2, 0.25) is 0 Å². The average molecular weight is 291 g/mol. The molecule has 2 heterocycles. The van der Waals surface area contributed by atoms with Gasteiger partial charge in [0.1, 0.15) is 5.82 Å². The van der Waals surface area contributed by atoms with Crippen LogP contribution in [0.25, 0.3) is 10.9 Å². The van der Waals surface area contributed by atoms with E-state index in [2.05, 4.69) is 22.1 Å². The van der Waals surface area contributed by atoms with Crippen LogP contribution >= 0.6 is 0 Å². The maximum absolute atomic E-state index is 12.8. The van der Waals surface area contributed by atoms with Gasteiger partial charge in [0.05, 0.1) is 23.5 Å². The lowest BCUT2D eigenvalue weighted by Crippen LogP contribution is -2.32. The highest BCUT2D eigenvalue weighted by molar-refractivity contribution is 5.77. The molecule has 4 heteroatoms. The molecule has 0 amide bonds. The van der Waals surface area contributed by atoms with Gasteiger partial charge < -0.3 is 0 Å². The smallest absolute Gasteiger partial charge is 0.280 e. The SMILES string of the molecule is CCc1nc2ccccc2c(=O)n1N1C[C@@H]1c1ccccc1. The molecule has 0 aliphatic carbocycles. The van der Waals surface area contributed by atoms with E-state index in [1.54, 1.807) is 4.68 Å². The third-order valence-electron chi connectivity index (χ3n) is 4.16. The fourth-order valence-corrected chi connectivity index (χ4v) is 2.97. The van der Waals surface area contributed by atoms with Crippen LogP contribution in [-0.4, -0.2) is 16.2 Å². The summed E-state index contributed by atoms with van der Waals surface area (Å²) in [5.74, 6) is 0.821. The van der Waals surface area contributed by atoms with Gasteiger partial charge in [0, 0.05) is 6.42 Å². The van der Waals surface area contributed by atoms with E-state index >= 15 is 0 Å². The van der Waals surface area contributed by atoms with Crippen LogP contribution in [0, 0.1) is 0 Å². The van der Waals surface area contributed by atoms with E-state index < -0.39 is 0 Å². The summed E-state index contributed by atoms with van der Waals surface area (Å²) in [6.45, 7) is 2.89. The van der Waals surface area contributed by atoms with E-state index in [1.165, 1.54) is 5.56 Å². The van der Waals surface area contributed by atoms with Crippen LogP contribution in [0.15, 0.2) is 59.4 Å². The Morgan fingerprint density at radius 1 is 1.09 bits per heavy atom. The van der Waals surface area contributed by atoms with Crippen molar-refractivity contribution < 1.29 is 0 Å². The Labute approximate surface area is 128 Å². The number of benzene rings is 2. The standard InChI is InChI=1S/C18H17N3O/c1-2-17-19-15-11-7-6-10-14(15)18(22)21(17)20-12-16(20)13-8-4-3-5-9-13/h3-11,16H,2,12H2,1H3/t16-,20?/m1/s1. The second-order valence-corrected chi connectivity index (χ2v) is 5.56. The molecule has 110 valence electrons. The summed E-state index contributed by atoms with van der Waals surface area (Å²) < 4.78 is 1.76. The van der Waals surface area contributed by atoms with Crippen LogP contribution < -0.4 is 10.6 Å². The Balaban J connectivity index is 1.83. The number of fused-ring (bicyclic) bond motifs is 1. The Bertz CT molecular complexity index is 886. The average Bonchev–Trinajstić information content (AvgIpc) is 3.36. The van der Waals surface area contributed by atoms with Crippen LogP contribution in [0.3, 0.4) is 0 Å². The molecule has 0 bridgehead atoms. The van der Waals surface area contributed by atoms with Crippen molar-refractivity contribution in [3.8, 4) is 0 Å². The van der Waals surface area contributed by atoms with Gasteiger partial charge >= 0.3 is 0 Å². The predicted molar refractivity (Wildman–Crippen MR) is 87.6 cm³/mol. The normalized spacial score (nSPS) is 17.0. The van der Waals surface area contributed by atoms with Crippen LogP contribution in [0.2, 0.25) is 0 Å². The van der Waals surface area contributed by atoms with Crippen molar-refractivity contribution in [1.29, 1.82) is 0 Å². The molecule has 1 aromatic heterocycles. The maximum Gasteiger partial charge on any atom is 0.280 e. The van der Waals surface area contributed by atoms with Crippen LogP contribution in [-0.2, 0) is 6.42 Å². The first-order valence-electron chi connectivity index (χ1n) is 7.62. The molecule has 1 saturated heterocycles. The number of aromatic nitrogens is 2. The second-order valence-electron chi connectivity index (χ2n) is 5.56. The summed E-state index contributed by atoms with van der Waals surface area (Å²) in [5, 5.41) is 2.77. The molecule has 0 spiro atoms. The molecule has 22 heavy (non-hydrogen) atoms. The molecule has 0 unspecified atom stereocenters. The minimum atomic E-state index is 0.0286. The summed E-state index contributed by atoms with van der Waals surface area (Å²) in [6, 6.07) is 18.1. The highest BCUT2D eigenvalue weighted by Gasteiger charge is 2.38. The van der Waals surface area contributed by atoms with E-state index in [-0.39, 0.29) is 11.6 Å². The van der Waals surface area contributed by atoms with Crippen molar-refractivity contribution in [2.75, 3.05) is 11.6 Å².